The first-order chi connectivity index (χ1) is 11.6. The van der Waals surface area contributed by atoms with Gasteiger partial charge in [0.1, 0.15) is 5.75 Å². The van der Waals surface area contributed by atoms with Crippen molar-refractivity contribution in [3.8, 4) is 5.75 Å². The fourth-order valence-electron chi connectivity index (χ4n) is 2.31. The van der Waals surface area contributed by atoms with Gasteiger partial charge in [0.2, 0.25) is 0 Å². The van der Waals surface area contributed by atoms with Crippen LogP contribution in [-0.4, -0.2) is 7.11 Å². The molecule has 2 nitrogen and oxygen atoms in total. The third-order valence-corrected chi connectivity index (χ3v) is 3.48. The van der Waals surface area contributed by atoms with E-state index in [1.807, 2.05) is 0 Å². The Labute approximate surface area is 140 Å². The molecule has 0 heterocycles. The highest BCUT2D eigenvalue weighted by molar-refractivity contribution is 5.35. The van der Waals surface area contributed by atoms with Gasteiger partial charge in [0.15, 0.2) is 0 Å². The lowest BCUT2D eigenvalue weighted by Crippen LogP contribution is -2.16. The van der Waals surface area contributed by atoms with Crippen LogP contribution in [0.1, 0.15) is 22.3 Å². The van der Waals surface area contributed by atoms with E-state index < -0.39 is 23.5 Å². The monoisotopic (exact) mass is 363 g/mol. The van der Waals surface area contributed by atoms with Crippen molar-refractivity contribution in [1.82, 2.24) is 5.32 Å². The number of rotatable bonds is 5. The molecule has 0 saturated heterocycles. The molecule has 0 fully saturated rings. The Kier molecular flexibility index (Phi) is 5.62. The molecule has 0 atom stereocenters. The average Bonchev–Trinajstić information content (AvgIpc) is 2.53. The van der Waals surface area contributed by atoms with Crippen molar-refractivity contribution < 1.29 is 31.1 Å². The topological polar surface area (TPSA) is 21.3 Å². The number of methoxy groups -OCH3 is 1. The fourth-order valence-corrected chi connectivity index (χ4v) is 2.31. The molecule has 136 valence electrons. The van der Waals surface area contributed by atoms with Crippen molar-refractivity contribution in [3.05, 3.63) is 64.7 Å². The van der Waals surface area contributed by atoms with Crippen LogP contribution >= 0.6 is 0 Å². The van der Waals surface area contributed by atoms with Crippen LogP contribution in [0, 0.1) is 0 Å². The normalized spacial score (nSPS) is 12.3. The van der Waals surface area contributed by atoms with E-state index >= 15 is 0 Å². The molecule has 1 N–H and O–H groups in total. The minimum Gasteiger partial charge on any atom is -0.496 e. The molecule has 0 aliphatic rings. The van der Waals surface area contributed by atoms with Gasteiger partial charge < -0.3 is 10.1 Å². The van der Waals surface area contributed by atoms with Crippen LogP contribution in [0.4, 0.5) is 26.3 Å². The molecule has 0 bridgehead atoms. The number of hydrogen-bond donors (Lipinski definition) is 1. The highest BCUT2D eigenvalue weighted by Gasteiger charge is 2.36. The molecular weight excluding hydrogens is 348 g/mol. The summed E-state index contributed by atoms with van der Waals surface area (Å²) in [6.07, 6.45) is -9.70. The van der Waals surface area contributed by atoms with Crippen LogP contribution in [0.3, 0.4) is 0 Å². The van der Waals surface area contributed by atoms with Crippen LogP contribution in [0.2, 0.25) is 0 Å². The molecule has 0 radical (unpaired) electrons. The molecule has 0 aromatic heterocycles. The standard InChI is InChI=1S/C17H15F6NO/c1-25-15-5-3-2-4-12(15)10-24-9-11-6-13(16(18,19)20)8-14(7-11)17(21,22)23/h2-8,24H,9-10H2,1H3. The van der Waals surface area contributed by atoms with E-state index in [0.717, 1.165) is 5.56 Å². The van der Waals surface area contributed by atoms with Crippen molar-refractivity contribution >= 4 is 0 Å². The van der Waals surface area contributed by atoms with Gasteiger partial charge in [-0.15, -0.1) is 0 Å². The van der Waals surface area contributed by atoms with Crippen molar-refractivity contribution in [2.24, 2.45) is 0 Å². The molecule has 0 amide bonds. The summed E-state index contributed by atoms with van der Waals surface area (Å²) in [7, 11) is 1.47. The Morgan fingerprint density at radius 2 is 1.40 bits per heavy atom. The molecule has 2 aromatic carbocycles. The highest BCUT2D eigenvalue weighted by atomic mass is 19.4. The number of halogens is 6. The molecule has 2 rings (SSSR count). The molecule has 0 aliphatic carbocycles. The smallest absolute Gasteiger partial charge is 0.416 e. The number of hydrogen-bond acceptors (Lipinski definition) is 2. The highest BCUT2D eigenvalue weighted by Crippen LogP contribution is 2.36. The van der Waals surface area contributed by atoms with Gasteiger partial charge in [-0.2, -0.15) is 26.3 Å². The lowest BCUT2D eigenvalue weighted by molar-refractivity contribution is -0.143. The lowest BCUT2D eigenvalue weighted by atomic mass is 10.0. The predicted octanol–water partition coefficient (Wildman–Crippen LogP) is 5.02. The fraction of sp³-hybridized carbons (Fsp3) is 0.294. The molecule has 0 aliphatic heterocycles. The Hall–Kier alpha value is -2.22. The van der Waals surface area contributed by atoms with Crippen LogP contribution in [0.5, 0.6) is 5.75 Å². The van der Waals surface area contributed by atoms with Gasteiger partial charge in [-0.3, -0.25) is 0 Å². The SMILES string of the molecule is COc1ccccc1CNCc1cc(C(F)(F)F)cc(C(F)(F)F)c1. The van der Waals surface area contributed by atoms with Crippen LogP contribution < -0.4 is 10.1 Å². The summed E-state index contributed by atoms with van der Waals surface area (Å²) >= 11 is 0. The second kappa shape index (κ2) is 7.35. The third kappa shape index (κ3) is 5.12. The summed E-state index contributed by atoms with van der Waals surface area (Å²) in [6, 6.07) is 8.51. The van der Waals surface area contributed by atoms with Gasteiger partial charge in [0, 0.05) is 18.7 Å². The Morgan fingerprint density at radius 3 is 1.92 bits per heavy atom. The van der Waals surface area contributed by atoms with Gasteiger partial charge in [-0.25, -0.2) is 0 Å². The number of alkyl halides is 6. The van der Waals surface area contributed by atoms with E-state index in [2.05, 4.69) is 5.32 Å². The second-order valence-corrected chi connectivity index (χ2v) is 5.33. The number of nitrogens with one attached hydrogen (secondary N) is 1. The minimum atomic E-state index is -4.85. The Morgan fingerprint density at radius 1 is 0.840 bits per heavy atom. The van der Waals surface area contributed by atoms with Crippen molar-refractivity contribution in [1.29, 1.82) is 0 Å². The number of benzene rings is 2. The second-order valence-electron chi connectivity index (χ2n) is 5.33. The largest absolute Gasteiger partial charge is 0.496 e. The summed E-state index contributed by atoms with van der Waals surface area (Å²) in [4.78, 5) is 0. The van der Waals surface area contributed by atoms with E-state index in [0.29, 0.717) is 17.9 Å². The first kappa shape index (κ1) is 19.1. The molecule has 0 spiro atoms. The van der Waals surface area contributed by atoms with Crippen LogP contribution in [0.15, 0.2) is 42.5 Å². The zero-order chi connectivity index (χ0) is 18.7. The summed E-state index contributed by atoms with van der Waals surface area (Å²) < 4.78 is 82.0. The first-order valence-electron chi connectivity index (χ1n) is 7.22. The van der Waals surface area contributed by atoms with E-state index in [1.54, 1.807) is 24.3 Å². The minimum absolute atomic E-state index is 0.1000. The predicted molar refractivity (Wildman–Crippen MR) is 80.0 cm³/mol. The third-order valence-electron chi connectivity index (χ3n) is 3.48. The van der Waals surface area contributed by atoms with Crippen molar-refractivity contribution in [3.63, 3.8) is 0 Å². The maximum absolute atomic E-state index is 12.8. The zero-order valence-electron chi connectivity index (χ0n) is 13.1. The van der Waals surface area contributed by atoms with Crippen molar-refractivity contribution in [2.45, 2.75) is 25.4 Å². The first-order valence-corrected chi connectivity index (χ1v) is 7.22. The van der Waals surface area contributed by atoms with E-state index in [9.17, 15) is 26.3 Å². The zero-order valence-corrected chi connectivity index (χ0v) is 13.1. The molecule has 2 aromatic rings. The molecule has 0 unspecified atom stereocenters. The van der Waals surface area contributed by atoms with Gasteiger partial charge in [-0.05, 0) is 29.8 Å². The molecule has 0 saturated carbocycles. The number of ether oxygens (including phenoxy) is 1. The van der Waals surface area contributed by atoms with E-state index in [-0.39, 0.29) is 24.7 Å². The van der Waals surface area contributed by atoms with Gasteiger partial charge in [0.05, 0.1) is 18.2 Å². The summed E-state index contributed by atoms with van der Waals surface area (Å²) in [5.74, 6) is 0.579. The van der Waals surface area contributed by atoms with Crippen molar-refractivity contribution in [2.75, 3.05) is 7.11 Å². The van der Waals surface area contributed by atoms with Crippen LogP contribution in [0.25, 0.3) is 0 Å². The van der Waals surface area contributed by atoms with E-state index in [4.69, 9.17) is 4.74 Å². The molecular formula is C17H15F6NO. The molecule has 8 heteroatoms. The van der Waals surface area contributed by atoms with E-state index in [1.165, 1.54) is 7.11 Å². The van der Waals surface area contributed by atoms with Gasteiger partial charge >= 0.3 is 12.4 Å². The number of para-hydroxylation sites is 1. The summed E-state index contributed by atoms with van der Waals surface area (Å²) in [6.45, 7) is 0.0899. The van der Waals surface area contributed by atoms with Gasteiger partial charge in [-0.1, -0.05) is 18.2 Å². The van der Waals surface area contributed by atoms with Crippen LogP contribution in [-0.2, 0) is 25.4 Å². The summed E-state index contributed by atoms with van der Waals surface area (Å²) in [5, 5.41) is 2.84. The quantitative estimate of drug-likeness (QED) is 0.753. The van der Waals surface area contributed by atoms with Gasteiger partial charge in [0.25, 0.3) is 0 Å². The summed E-state index contributed by atoms with van der Waals surface area (Å²) in [5.41, 5.74) is -2.00. The molecule has 25 heavy (non-hydrogen) atoms. The average molecular weight is 363 g/mol. The maximum Gasteiger partial charge on any atom is 0.416 e. The maximum atomic E-state index is 12.8. The Bertz CT molecular complexity index is 692. The lowest BCUT2D eigenvalue weighted by Gasteiger charge is -2.15. The Balaban J connectivity index is 2.18.